The van der Waals surface area contributed by atoms with Gasteiger partial charge in [-0.2, -0.15) is 0 Å². The van der Waals surface area contributed by atoms with Gasteiger partial charge in [0.15, 0.2) is 25.2 Å². The standard InChI is InChI=1S/4C5H11NO3.2Cu.2H2O/c4*1-4(7)6-3-2-5(8)9;;;;/h4*5,8-9H,2-3H2,1H3,(H,6,7);;;2*1H2/p+2. The van der Waals surface area contributed by atoms with Crippen LogP contribution in [0.3, 0.4) is 0 Å². The van der Waals surface area contributed by atoms with Crippen LogP contribution in [0.1, 0.15) is 53.4 Å². The Labute approximate surface area is 254 Å². The Morgan fingerprint density at radius 2 is 0.550 bits per heavy atom. The third-order valence-corrected chi connectivity index (χ3v) is 3.11. The number of aliphatic hydroxyl groups excluding tert-OH is 4. The van der Waals surface area contributed by atoms with Gasteiger partial charge in [0, 0.05) is 114 Å². The molecule has 4 amide bonds. The molecule has 0 heterocycles. The van der Waals surface area contributed by atoms with Crippen LogP contribution in [-0.2, 0) is 64.3 Å². The van der Waals surface area contributed by atoms with E-state index in [1.54, 1.807) is 0 Å². The van der Waals surface area contributed by atoms with Crippen LogP contribution in [0, 0.1) is 0 Å². The maximum atomic E-state index is 10.2. The van der Waals surface area contributed by atoms with Gasteiger partial charge in [0.05, 0.1) is 0 Å². The first-order valence-electron chi connectivity index (χ1n) is 10.9. The number of carbonyl (C=O) groups excluding carboxylic acids is 4. The largest absolute Gasteiger partial charge is 0.457 e. The van der Waals surface area contributed by atoms with Crippen molar-refractivity contribution in [2.24, 2.45) is 0 Å². The fourth-order valence-corrected chi connectivity index (χ4v) is 1.51. The maximum absolute atomic E-state index is 10.2. The predicted octanol–water partition coefficient (Wildman–Crippen LogP) is -6.56. The number of amides is 4. The fraction of sp³-hybridized carbons (Fsp3) is 0.800. The van der Waals surface area contributed by atoms with Crippen molar-refractivity contribution in [1.82, 2.24) is 21.3 Å². The minimum atomic E-state index is -1.32. The molecular formula is C20H50Cu2N4O14+2. The molecule has 0 aromatic heterocycles. The zero-order valence-electron chi connectivity index (χ0n) is 22.9. The summed E-state index contributed by atoms with van der Waals surface area (Å²) in [6.45, 7) is 6.76. The van der Waals surface area contributed by atoms with E-state index in [1.165, 1.54) is 27.7 Å². The van der Waals surface area contributed by atoms with Gasteiger partial charge in [-0.05, 0) is 0 Å². The molecule has 0 saturated heterocycles. The summed E-state index contributed by atoms with van der Waals surface area (Å²) in [7, 11) is 0. The van der Waals surface area contributed by atoms with Crippen LogP contribution in [0.15, 0.2) is 0 Å². The Kier molecular flexibility index (Phi) is 61.1. The molecule has 0 spiro atoms. The summed E-state index contributed by atoms with van der Waals surface area (Å²) in [5.74, 6) is -0.627. The van der Waals surface area contributed by atoms with Gasteiger partial charge in [-0.1, -0.05) is 0 Å². The van der Waals surface area contributed by atoms with Gasteiger partial charge in [0.25, 0.3) is 0 Å². The zero-order valence-corrected chi connectivity index (χ0v) is 24.8. The van der Waals surface area contributed by atoms with E-state index in [4.69, 9.17) is 40.9 Å². The first kappa shape index (κ1) is 58.2. The summed E-state index contributed by atoms with van der Waals surface area (Å²) in [4.78, 5) is 40.6. The molecule has 40 heavy (non-hydrogen) atoms. The van der Waals surface area contributed by atoms with Crippen molar-refractivity contribution in [3.63, 3.8) is 0 Å². The van der Waals surface area contributed by atoms with Gasteiger partial charge in [0.1, 0.15) is 0 Å². The second-order valence-electron chi connectivity index (χ2n) is 7.01. The molecule has 2 radical (unpaired) electrons. The van der Waals surface area contributed by atoms with Crippen molar-refractivity contribution >= 4 is 23.6 Å². The van der Waals surface area contributed by atoms with Crippen LogP contribution in [0.4, 0.5) is 0 Å². The summed E-state index contributed by atoms with van der Waals surface area (Å²) in [6, 6.07) is 0. The fourth-order valence-electron chi connectivity index (χ4n) is 1.51. The number of carbonyl (C=O) groups is 4. The summed E-state index contributed by atoms with van der Waals surface area (Å²) in [5, 5.41) is 75.8. The van der Waals surface area contributed by atoms with Crippen LogP contribution in [0.5, 0.6) is 0 Å². The Bertz CT molecular complexity index is 479. The van der Waals surface area contributed by atoms with E-state index in [2.05, 4.69) is 21.3 Å². The summed E-state index contributed by atoms with van der Waals surface area (Å²) >= 11 is 0. The van der Waals surface area contributed by atoms with E-state index in [0.29, 0.717) is 26.2 Å². The van der Waals surface area contributed by atoms with Gasteiger partial charge in [0.2, 0.25) is 23.6 Å². The summed E-state index contributed by atoms with van der Waals surface area (Å²) < 4.78 is 0. The van der Waals surface area contributed by atoms with Crippen molar-refractivity contribution in [2.45, 2.75) is 78.5 Å². The van der Waals surface area contributed by atoms with Crippen molar-refractivity contribution in [3.05, 3.63) is 0 Å². The van der Waals surface area contributed by atoms with Crippen molar-refractivity contribution in [2.75, 3.05) is 26.2 Å². The van der Waals surface area contributed by atoms with Crippen LogP contribution < -0.4 is 21.3 Å². The van der Waals surface area contributed by atoms with E-state index in [9.17, 15) is 19.2 Å². The Hall–Kier alpha value is -1.48. The molecule has 0 rings (SSSR count). The molecule has 0 aromatic carbocycles. The van der Waals surface area contributed by atoms with E-state index in [-0.39, 0.29) is 94.4 Å². The van der Waals surface area contributed by atoms with Crippen molar-refractivity contribution in [1.29, 1.82) is 0 Å². The monoisotopic (exact) mass is 696 g/mol. The topological polar surface area (TPSA) is 344 Å². The molecule has 0 aliphatic heterocycles. The second-order valence-corrected chi connectivity index (χ2v) is 7.01. The molecule has 20 heteroatoms. The normalized spacial score (nSPS) is 8.80. The maximum Gasteiger partial charge on any atom is 0.216 e. The van der Waals surface area contributed by atoms with Crippen LogP contribution in [0.25, 0.3) is 0 Å². The van der Waals surface area contributed by atoms with Gasteiger partial charge < -0.3 is 73.1 Å². The van der Waals surface area contributed by atoms with Crippen LogP contribution >= 0.6 is 0 Å². The molecular weight excluding hydrogens is 647 g/mol. The minimum Gasteiger partial charge on any atom is -0.457 e. The molecule has 0 fully saturated rings. The van der Waals surface area contributed by atoms with Crippen molar-refractivity contribution in [3.8, 4) is 0 Å². The van der Waals surface area contributed by atoms with Gasteiger partial charge in [-0.15, -0.1) is 0 Å². The quantitative estimate of drug-likeness (QED) is 0.0514. The van der Waals surface area contributed by atoms with E-state index < -0.39 is 25.2 Å². The zero-order chi connectivity index (χ0) is 29.1. The Balaban J connectivity index is -0.0000000551. The van der Waals surface area contributed by atoms with Crippen molar-refractivity contribution < 1.29 is 105 Å². The van der Waals surface area contributed by atoms with Gasteiger partial charge in [-0.3, -0.25) is 19.2 Å². The number of rotatable bonds is 12. The molecule has 0 aliphatic carbocycles. The number of hydrogen-bond donors (Lipinski definition) is 12. The minimum absolute atomic E-state index is 0. The molecule has 18 N–H and O–H groups in total. The van der Waals surface area contributed by atoms with Gasteiger partial charge in [-0.25, -0.2) is 0 Å². The van der Waals surface area contributed by atoms with E-state index in [0.717, 1.165) is 0 Å². The average Bonchev–Trinajstić information content (AvgIpc) is 2.67. The van der Waals surface area contributed by atoms with E-state index in [1.807, 2.05) is 0 Å². The summed E-state index contributed by atoms with van der Waals surface area (Å²) in [6.07, 6.45) is -4.57. The first-order chi connectivity index (χ1) is 16.5. The SMILES string of the molecule is CC(=O)NCCC(O)O.CC(=O)NCCC(O)O.CC(=O)NCCC(O)O.CC(=O)NCCC(O)O.[Cu].[Cu].[OH3+].[OH3+]. The molecule has 18 nitrogen and oxygen atoms in total. The van der Waals surface area contributed by atoms with E-state index >= 15 is 0 Å². The number of nitrogens with one attached hydrogen (secondary N) is 4. The van der Waals surface area contributed by atoms with Gasteiger partial charge >= 0.3 is 0 Å². The molecule has 0 aromatic rings. The number of hydrogen-bond acceptors (Lipinski definition) is 12. The molecule has 0 aliphatic rings. The smallest absolute Gasteiger partial charge is 0.216 e. The average molecular weight is 698 g/mol. The molecule has 254 valence electrons. The third kappa shape index (κ3) is 90.9. The van der Waals surface area contributed by atoms with Crippen LogP contribution in [-0.4, -0.2) is 116 Å². The first-order valence-corrected chi connectivity index (χ1v) is 10.9. The molecule has 0 atom stereocenters. The summed E-state index contributed by atoms with van der Waals surface area (Å²) in [5.41, 5.74) is 0. The van der Waals surface area contributed by atoms with Crippen LogP contribution in [0.2, 0.25) is 0 Å². The third-order valence-electron chi connectivity index (χ3n) is 3.11. The molecule has 0 saturated carbocycles. The Morgan fingerprint density at radius 1 is 0.425 bits per heavy atom. The second kappa shape index (κ2) is 42.0. The predicted molar refractivity (Wildman–Crippen MR) is 136 cm³/mol. The Morgan fingerprint density at radius 3 is 0.625 bits per heavy atom. The molecule has 0 bridgehead atoms. The molecule has 0 unspecified atom stereocenters. The number of aliphatic hydroxyl groups is 8.